The second kappa shape index (κ2) is 8.79. The fourth-order valence-corrected chi connectivity index (χ4v) is 4.76. The van der Waals surface area contributed by atoms with Gasteiger partial charge >= 0.3 is 5.69 Å². The average Bonchev–Trinajstić information content (AvgIpc) is 3.06. The monoisotopic (exact) mass is 432 g/mol. The molecule has 0 aliphatic rings. The summed E-state index contributed by atoms with van der Waals surface area (Å²) in [5, 5.41) is 11.3. The second-order valence-electron chi connectivity index (χ2n) is 5.29. The Morgan fingerprint density at radius 1 is 1.26 bits per heavy atom. The van der Waals surface area contributed by atoms with Crippen LogP contribution in [0.4, 0.5) is 5.69 Å². The molecule has 2 aromatic rings. The van der Waals surface area contributed by atoms with Crippen LogP contribution in [0, 0.1) is 10.1 Å². The van der Waals surface area contributed by atoms with Crippen molar-refractivity contribution >= 4 is 44.4 Å². The van der Waals surface area contributed by atoms with Gasteiger partial charge in [-0.05, 0) is 24.3 Å². The van der Waals surface area contributed by atoms with Crippen LogP contribution in [0.15, 0.2) is 35.2 Å². The van der Waals surface area contributed by atoms with Crippen molar-refractivity contribution in [2.45, 2.75) is 18.7 Å². The quantitative estimate of drug-likeness (QED) is 0.340. The summed E-state index contributed by atoms with van der Waals surface area (Å²) in [4.78, 5) is 22.8. The van der Waals surface area contributed by atoms with E-state index in [-0.39, 0.29) is 29.5 Å². The Hall–Kier alpha value is -2.01. The minimum atomic E-state index is -3.85. The second-order valence-corrected chi connectivity index (χ2v) is 8.94. The molecule has 27 heavy (non-hydrogen) atoms. The van der Waals surface area contributed by atoms with E-state index < -0.39 is 27.2 Å². The van der Waals surface area contributed by atoms with Gasteiger partial charge in [-0.3, -0.25) is 14.9 Å². The van der Waals surface area contributed by atoms with Crippen LogP contribution in [0.25, 0.3) is 0 Å². The molecule has 0 saturated heterocycles. The van der Waals surface area contributed by atoms with E-state index in [1.807, 2.05) is 0 Å². The van der Waals surface area contributed by atoms with Gasteiger partial charge in [-0.2, -0.15) is 4.31 Å². The summed E-state index contributed by atoms with van der Waals surface area (Å²) < 4.78 is 32.0. The number of nitro groups is 1. The number of thiophene rings is 1. The molecule has 0 aliphatic heterocycles. The number of hydrogen-bond acceptors (Lipinski definition) is 7. The van der Waals surface area contributed by atoms with Crippen LogP contribution < -0.4 is 4.74 Å². The fourth-order valence-electron chi connectivity index (χ4n) is 2.31. The Morgan fingerprint density at radius 2 is 1.93 bits per heavy atom. The summed E-state index contributed by atoms with van der Waals surface area (Å²) in [6.45, 7) is 3.40. The summed E-state index contributed by atoms with van der Waals surface area (Å²) in [7, 11) is -3.85. The van der Waals surface area contributed by atoms with E-state index in [9.17, 15) is 23.3 Å². The van der Waals surface area contributed by atoms with Gasteiger partial charge in [0.05, 0.1) is 19.0 Å². The first-order chi connectivity index (χ1) is 12.7. The smallest absolute Gasteiger partial charge is 0.312 e. The number of ketones is 1. The molecule has 1 aromatic heterocycles. The van der Waals surface area contributed by atoms with Crippen LogP contribution in [-0.2, 0) is 10.0 Å². The number of rotatable bonds is 9. The average molecular weight is 433 g/mol. The normalized spacial score (nSPS) is 11.6. The van der Waals surface area contributed by atoms with Crippen LogP contribution >= 0.6 is 22.9 Å². The van der Waals surface area contributed by atoms with E-state index in [0.29, 0.717) is 9.21 Å². The lowest BCUT2D eigenvalue weighted by molar-refractivity contribution is -0.386. The lowest BCUT2D eigenvalue weighted by atomic mass is 10.3. The maximum Gasteiger partial charge on any atom is 0.312 e. The third kappa shape index (κ3) is 4.83. The lowest BCUT2D eigenvalue weighted by Gasteiger charge is -2.18. The maximum absolute atomic E-state index is 12.5. The molecule has 2 rings (SSSR count). The SMILES string of the molecule is CCN(CC)S(=O)(=O)c1ccc(OCC(=O)c2ccc(Cl)s2)c([N+](=O)[O-])c1. The zero-order chi connectivity index (χ0) is 20.2. The van der Waals surface area contributed by atoms with E-state index in [4.69, 9.17) is 16.3 Å². The van der Waals surface area contributed by atoms with Crippen molar-refractivity contribution < 1.29 is 22.9 Å². The van der Waals surface area contributed by atoms with Gasteiger partial charge in [0.15, 0.2) is 12.4 Å². The summed E-state index contributed by atoms with van der Waals surface area (Å²) in [5.74, 6) is -0.574. The van der Waals surface area contributed by atoms with E-state index in [1.165, 1.54) is 22.5 Å². The van der Waals surface area contributed by atoms with Gasteiger partial charge in [0.2, 0.25) is 15.8 Å². The predicted molar refractivity (Wildman–Crippen MR) is 102 cm³/mol. The van der Waals surface area contributed by atoms with Crippen molar-refractivity contribution in [1.82, 2.24) is 4.31 Å². The molecule has 0 N–H and O–H groups in total. The number of carbonyl (C=O) groups is 1. The van der Waals surface area contributed by atoms with E-state index in [2.05, 4.69) is 0 Å². The third-order valence-corrected chi connectivity index (χ3v) is 7.00. The molecule has 0 unspecified atom stereocenters. The lowest BCUT2D eigenvalue weighted by Crippen LogP contribution is -2.30. The molecule has 0 atom stereocenters. The predicted octanol–water partition coefficient (Wildman–Crippen LogP) is 3.60. The van der Waals surface area contributed by atoms with Crippen LogP contribution in [-0.4, -0.2) is 43.1 Å². The van der Waals surface area contributed by atoms with Gasteiger partial charge < -0.3 is 4.74 Å². The highest BCUT2D eigenvalue weighted by molar-refractivity contribution is 7.89. The first-order valence-corrected chi connectivity index (χ1v) is 10.5. The summed E-state index contributed by atoms with van der Waals surface area (Å²) in [5.41, 5.74) is -0.528. The summed E-state index contributed by atoms with van der Waals surface area (Å²) in [6.07, 6.45) is 0. The number of ether oxygens (including phenoxy) is 1. The minimum absolute atomic E-state index is 0.186. The van der Waals surface area contributed by atoms with E-state index in [0.717, 1.165) is 17.4 Å². The number of halogens is 1. The van der Waals surface area contributed by atoms with Crippen molar-refractivity contribution in [2.75, 3.05) is 19.7 Å². The number of Topliss-reactive ketones (excluding diaryl/α,β-unsaturated/α-hetero) is 1. The minimum Gasteiger partial charge on any atom is -0.478 e. The van der Waals surface area contributed by atoms with Crippen molar-refractivity contribution in [3.8, 4) is 5.75 Å². The van der Waals surface area contributed by atoms with Gasteiger partial charge in [0, 0.05) is 19.2 Å². The van der Waals surface area contributed by atoms with Crippen LogP contribution in [0.1, 0.15) is 23.5 Å². The van der Waals surface area contributed by atoms with Crippen molar-refractivity contribution in [3.63, 3.8) is 0 Å². The molecule has 1 aromatic carbocycles. The fraction of sp³-hybridized carbons (Fsp3) is 0.312. The molecule has 11 heteroatoms. The largest absolute Gasteiger partial charge is 0.478 e. The molecule has 0 amide bonds. The Kier molecular flexibility index (Phi) is 6.93. The highest BCUT2D eigenvalue weighted by Crippen LogP contribution is 2.31. The number of nitrogens with zero attached hydrogens (tertiary/aromatic N) is 2. The highest BCUT2D eigenvalue weighted by Gasteiger charge is 2.26. The maximum atomic E-state index is 12.5. The summed E-state index contributed by atoms with van der Waals surface area (Å²) in [6, 6.07) is 6.45. The molecule has 0 fully saturated rings. The molecule has 0 spiro atoms. The van der Waals surface area contributed by atoms with Crippen molar-refractivity contribution in [2.24, 2.45) is 0 Å². The zero-order valence-electron chi connectivity index (χ0n) is 14.5. The number of nitro benzene ring substituents is 1. The molecule has 8 nitrogen and oxygen atoms in total. The zero-order valence-corrected chi connectivity index (χ0v) is 16.9. The summed E-state index contributed by atoms with van der Waals surface area (Å²) >= 11 is 6.85. The Morgan fingerprint density at radius 3 is 2.44 bits per heavy atom. The first-order valence-electron chi connectivity index (χ1n) is 7.90. The number of benzene rings is 1. The standard InChI is InChI=1S/C16H17ClN2O6S2/c1-3-18(4-2)27(23,24)11-5-6-14(12(9-11)19(21)22)25-10-13(20)15-7-8-16(17)26-15/h5-9H,3-4,10H2,1-2H3. The topological polar surface area (TPSA) is 107 Å². The van der Waals surface area contributed by atoms with Gasteiger partial charge in [0.1, 0.15) is 0 Å². The van der Waals surface area contributed by atoms with Crippen LogP contribution in [0.5, 0.6) is 5.75 Å². The molecular formula is C16H17ClN2O6S2. The molecule has 1 heterocycles. The molecule has 0 radical (unpaired) electrons. The third-order valence-electron chi connectivity index (χ3n) is 3.68. The number of carbonyl (C=O) groups excluding carboxylic acids is 1. The van der Waals surface area contributed by atoms with Crippen molar-refractivity contribution in [3.05, 3.63) is 49.7 Å². The van der Waals surface area contributed by atoms with Crippen LogP contribution in [0.2, 0.25) is 4.34 Å². The van der Waals surface area contributed by atoms with Crippen molar-refractivity contribution in [1.29, 1.82) is 0 Å². The van der Waals surface area contributed by atoms with Gasteiger partial charge in [0.25, 0.3) is 0 Å². The Balaban J connectivity index is 2.28. The van der Waals surface area contributed by atoms with Gasteiger partial charge in [-0.1, -0.05) is 25.4 Å². The highest BCUT2D eigenvalue weighted by atomic mass is 35.5. The molecule has 0 saturated carbocycles. The number of hydrogen-bond donors (Lipinski definition) is 0. The molecular weight excluding hydrogens is 416 g/mol. The first kappa shape index (κ1) is 21.3. The molecule has 146 valence electrons. The Labute approximate surface area is 165 Å². The number of sulfonamides is 1. The van der Waals surface area contributed by atoms with Gasteiger partial charge in [-0.15, -0.1) is 11.3 Å². The Bertz CT molecular complexity index is 954. The molecule has 0 aliphatic carbocycles. The van der Waals surface area contributed by atoms with E-state index >= 15 is 0 Å². The van der Waals surface area contributed by atoms with E-state index in [1.54, 1.807) is 19.9 Å². The van der Waals surface area contributed by atoms with Gasteiger partial charge in [-0.25, -0.2) is 8.42 Å². The molecule has 0 bridgehead atoms. The van der Waals surface area contributed by atoms with Crippen LogP contribution in [0.3, 0.4) is 0 Å².